The van der Waals surface area contributed by atoms with E-state index in [4.69, 9.17) is 9.84 Å². The molecule has 0 aliphatic carbocycles. The van der Waals surface area contributed by atoms with E-state index in [1.54, 1.807) is 6.08 Å². The molecular weight excluding hydrogens is 214 g/mol. The summed E-state index contributed by atoms with van der Waals surface area (Å²) in [5.41, 5.74) is 1.23. The predicted octanol–water partition coefficient (Wildman–Crippen LogP) is 2.07. The lowest BCUT2D eigenvalue weighted by molar-refractivity contribution is 0.197. The van der Waals surface area contributed by atoms with Gasteiger partial charge >= 0.3 is 0 Å². The van der Waals surface area contributed by atoms with Gasteiger partial charge in [0, 0.05) is 13.1 Å². The summed E-state index contributed by atoms with van der Waals surface area (Å²) in [6.07, 6.45) is 1.73. The van der Waals surface area contributed by atoms with E-state index >= 15 is 0 Å². The maximum Gasteiger partial charge on any atom is 0.119 e. The van der Waals surface area contributed by atoms with Gasteiger partial charge in [-0.3, -0.25) is 4.90 Å². The van der Waals surface area contributed by atoms with Crippen molar-refractivity contribution >= 4 is 0 Å². The van der Waals surface area contributed by atoms with Crippen molar-refractivity contribution in [3.8, 4) is 5.75 Å². The van der Waals surface area contributed by atoms with Crippen molar-refractivity contribution in [2.75, 3.05) is 26.3 Å². The van der Waals surface area contributed by atoms with Gasteiger partial charge in [-0.25, -0.2) is 0 Å². The van der Waals surface area contributed by atoms with Crippen LogP contribution in [0.1, 0.15) is 12.5 Å². The molecule has 0 aromatic heterocycles. The lowest BCUT2D eigenvalue weighted by atomic mass is 10.2. The van der Waals surface area contributed by atoms with E-state index in [1.807, 2.05) is 12.1 Å². The van der Waals surface area contributed by atoms with E-state index in [9.17, 15) is 0 Å². The van der Waals surface area contributed by atoms with Gasteiger partial charge in [0.2, 0.25) is 0 Å². The number of aliphatic hydroxyl groups excluding tert-OH is 1. The molecule has 94 valence electrons. The molecule has 1 N–H and O–H groups in total. The van der Waals surface area contributed by atoms with E-state index in [2.05, 4.69) is 30.5 Å². The quantitative estimate of drug-likeness (QED) is 0.700. The maximum absolute atomic E-state index is 8.92. The summed E-state index contributed by atoms with van der Waals surface area (Å²) < 4.78 is 5.42. The molecule has 0 aliphatic rings. The van der Waals surface area contributed by atoms with Crippen LogP contribution in [0.25, 0.3) is 0 Å². The Balaban J connectivity index is 2.51. The molecule has 0 spiro atoms. The highest BCUT2D eigenvalue weighted by Gasteiger charge is 2.02. The fourth-order valence-electron chi connectivity index (χ4n) is 1.59. The third-order valence-corrected chi connectivity index (χ3v) is 2.56. The number of aliphatic hydroxyl groups is 1. The first-order chi connectivity index (χ1) is 8.30. The normalized spacial score (nSPS) is 10.5. The van der Waals surface area contributed by atoms with Crippen LogP contribution in [0.15, 0.2) is 36.9 Å². The molecule has 0 fully saturated rings. The third-order valence-electron chi connectivity index (χ3n) is 2.56. The average molecular weight is 235 g/mol. The van der Waals surface area contributed by atoms with Crippen molar-refractivity contribution in [1.29, 1.82) is 0 Å². The number of likely N-dealkylation sites (N-methyl/N-ethyl adjacent to an activating group) is 1. The SMILES string of the molecule is C=CCOc1ccc(CN(CC)CCO)cc1. The second-order valence-electron chi connectivity index (χ2n) is 3.84. The van der Waals surface area contributed by atoms with Gasteiger partial charge in [0.05, 0.1) is 6.61 Å². The second-order valence-corrected chi connectivity index (χ2v) is 3.84. The van der Waals surface area contributed by atoms with Crippen LogP contribution in [0.3, 0.4) is 0 Å². The smallest absolute Gasteiger partial charge is 0.119 e. The zero-order valence-electron chi connectivity index (χ0n) is 10.4. The van der Waals surface area contributed by atoms with Crippen LogP contribution in [0.4, 0.5) is 0 Å². The van der Waals surface area contributed by atoms with E-state index < -0.39 is 0 Å². The van der Waals surface area contributed by atoms with Gasteiger partial charge in [-0.15, -0.1) is 0 Å². The maximum atomic E-state index is 8.92. The molecule has 0 bridgehead atoms. The minimum Gasteiger partial charge on any atom is -0.490 e. The number of rotatable bonds is 8. The number of nitrogens with zero attached hydrogens (tertiary/aromatic N) is 1. The Morgan fingerprint density at radius 1 is 1.35 bits per heavy atom. The highest BCUT2D eigenvalue weighted by Crippen LogP contribution is 2.13. The fraction of sp³-hybridized carbons (Fsp3) is 0.429. The van der Waals surface area contributed by atoms with E-state index in [0.29, 0.717) is 13.2 Å². The standard InChI is InChI=1S/C14H21NO2/c1-3-11-17-14-7-5-13(6-8-14)12-15(4-2)9-10-16/h3,5-8,16H,1,4,9-12H2,2H3. The zero-order chi connectivity index (χ0) is 12.5. The Hall–Kier alpha value is -1.32. The van der Waals surface area contributed by atoms with E-state index in [0.717, 1.165) is 18.8 Å². The summed E-state index contributed by atoms with van der Waals surface area (Å²) in [6, 6.07) is 8.04. The van der Waals surface area contributed by atoms with Gasteiger partial charge in [-0.05, 0) is 24.2 Å². The summed E-state index contributed by atoms with van der Waals surface area (Å²) in [5.74, 6) is 0.860. The van der Waals surface area contributed by atoms with Crippen molar-refractivity contribution in [3.05, 3.63) is 42.5 Å². The topological polar surface area (TPSA) is 32.7 Å². The van der Waals surface area contributed by atoms with Crippen LogP contribution in [0.5, 0.6) is 5.75 Å². The Bertz CT molecular complexity index is 321. The van der Waals surface area contributed by atoms with E-state index in [1.165, 1.54) is 5.56 Å². The summed E-state index contributed by atoms with van der Waals surface area (Å²) in [6.45, 7) is 8.95. The third kappa shape index (κ3) is 5.02. The molecule has 3 nitrogen and oxygen atoms in total. The van der Waals surface area contributed by atoms with Gasteiger partial charge in [0.25, 0.3) is 0 Å². The highest BCUT2D eigenvalue weighted by atomic mass is 16.5. The molecule has 17 heavy (non-hydrogen) atoms. The molecule has 0 saturated heterocycles. The molecule has 1 rings (SSSR count). The molecule has 0 atom stereocenters. The van der Waals surface area contributed by atoms with Crippen LogP contribution in [0, 0.1) is 0 Å². The summed E-state index contributed by atoms with van der Waals surface area (Å²) in [5, 5.41) is 8.92. The zero-order valence-corrected chi connectivity index (χ0v) is 10.4. The molecule has 0 amide bonds. The molecule has 0 saturated carbocycles. The molecule has 0 heterocycles. The second kappa shape index (κ2) is 7.87. The van der Waals surface area contributed by atoms with Gasteiger partial charge in [0.1, 0.15) is 12.4 Å². The van der Waals surface area contributed by atoms with Gasteiger partial charge < -0.3 is 9.84 Å². The largest absolute Gasteiger partial charge is 0.490 e. The first-order valence-corrected chi connectivity index (χ1v) is 5.96. The van der Waals surface area contributed by atoms with Gasteiger partial charge in [-0.2, -0.15) is 0 Å². The van der Waals surface area contributed by atoms with E-state index in [-0.39, 0.29) is 6.61 Å². The molecule has 1 aromatic rings. The number of hydrogen-bond acceptors (Lipinski definition) is 3. The number of hydrogen-bond donors (Lipinski definition) is 1. The Labute approximate surface area is 103 Å². The van der Waals surface area contributed by atoms with Crippen molar-refractivity contribution in [2.24, 2.45) is 0 Å². The minimum atomic E-state index is 0.203. The number of ether oxygens (including phenoxy) is 1. The van der Waals surface area contributed by atoms with Crippen LogP contribution < -0.4 is 4.74 Å². The molecule has 0 aliphatic heterocycles. The monoisotopic (exact) mass is 235 g/mol. The van der Waals surface area contributed by atoms with Crippen molar-refractivity contribution in [2.45, 2.75) is 13.5 Å². The molecule has 1 aromatic carbocycles. The Morgan fingerprint density at radius 3 is 2.59 bits per heavy atom. The minimum absolute atomic E-state index is 0.203. The number of benzene rings is 1. The lowest BCUT2D eigenvalue weighted by Crippen LogP contribution is -2.25. The van der Waals surface area contributed by atoms with Gasteiger partial charge in [-0.1, -0.05) is 31.7 Å². The first-order valence-electron chi connectivity index (χ1n) is 5.96. The average Bonchev–Trinajstić information content (AvgIpc) is 2.37. The predicted molar refractivity (Wildman–Crippen MR) is 70.2 cm³/mol. The van der Waals surface area contributed by atoms with Crippen LogP contribution in [0.2, 0.25) is 0 Å². The van der Waals surface area contributed by atoms with Gasteiger partial charge in [0.15, 0.2) is 0 Å². The Morgan fingerprint density at radius 2 is 2.06 bits per heavy atom. The first kappa shape index (κ1) is 13.7. The Kier molecular flexibility index (Phi) is 6.37. The summed E-state index contributed by atoms with van der Waals surface area (Å²) >= 11 is 0. The highest BCUT2D eigenvalue weighted by molar-refractivity contribution is 5.27. The van der Waals surface area contributed by atoms with Crippen molar-refractivity contribution in [3.63, 3.8) is 0 Å². The van der Waals surface area contributed by atoms with Crippen molar-refractivity contribution < 1.29 is 9.84 Å². The molecule has 3 heteroatoms. The van der Waals surface area contributed by atoms with Crippen LogP contribution in [-0.4, -0.2) is 36.3 Å². The molecule has 0 radical (unpaired) electrons. The van der Waals surface area contributed by atoms with Crippen LogP contribution in [-0.2, 0) is 6.54 Å². The summed E-state index contributed by atoms with van der Waals surface area (Å²) in [7, 11) is 0. The molecule has 0 unspecified atom stereocenters. The van der Waals surface area contributed by atoms with Crippen molar-refractivity contribution in [1.82, 2.24) is 4.90 Å². The molecular formula is C14H21NO2. The fourth-order valence-corrected chi connectivity index (χ4v) is 1.59. The lowest BCUT2D eigenvalue weighted by Gasteiger charge is -2.19. The summed E-state index contributed by atoms with van der Waals surface area (Å²) in [4.78, 5) is 2.19. The van der Waals surface area contributed by atoms with Crippen LogP contribution >= 0.6 is 0 Å².